The van der Waals surface area contributed by atoms with Gasteiger partial charge in [0.2, 0.25) is 5.91 Å². The Morgan fingerprint density at radius 2 is 2.13 bits per heavy atom. The van der Waals surface area contributed by atoms with Crippen molar-refractivity contribution in [2.24, 2.45) is 0 Å². The second-order valence-electron chi connectivity index (χ2n) is 3.87. The molecule has 0 saturated carbocycles. The topological polar surface area (TPSA) is 29.5 Å². The molecule has 0 bridgehead atoms. The molecular weight excluding hydrogens is 190 g/mol. The average molecular weight is 205 g/mol. The fraction of sp³-hybridized carbons (Fsp3) is 0.417. The Kier molecular flexibility index (Phi) is 3.02. The molecule has 1 aromatic carbocycles. The van der Waals surface area contributed by atoms with Crippen molar-refractivity contribution in [3.8, 4) is 0 Å². The minimum absolute atomic E-state index is 0.0811. The molecule has 15 heavy (non-hydrogen) atoms. The molecule has 1 amide bonds. The fourth-order valence-electron chi connectivity index (χ4n) is 1.76. The summed E-state index contributed by atoms with van der Waals surface area (Å²) in [5.41, 5.74) is 1.17. The van der Waals surface area contributed by atoms with E-state index in [4.69, 9.17) is 4.74 Å². The molecule has 3 heteroatoms. The van der Waals surface area contributed by atoms with Crippen molar-refractivity contribution in [1.82, 2.24) is 4.90 Å². The summed E-state index contributed by atoms with van der Waals surface area (Å²) in [6.45, 7) is 3.56. The molecular formula is C12H15NO2. The maximum Gasteiger partial charge on any atom is 0.249 e. The highest BCUT2D eigenvalue weighted by Gasteiger charge is 2.24. The highest BCUT2D eigenvalue weighted by Crippen LogP contribution is 2.12. The lowest BCUT2D eigenvalue weighted by atomic mass is 10.1. The number of amides is 1. The molecule has 0 N–H and O–H groups in total. The van der Waals surface area contributed by atoms with E-state index < -0.39 is 0 Å². The van der Waals surface area contributed by atoms with Crippen LogP contribution >= 0.6 is 0 Å². The molecule has 0 aromatic heterocycles. The number of nitrogens with zero attached hydrogens (tertiary/aromatic N) is 1. The Bertz CT molecular complexity index is 337. The van der Waals surface area contributed by atoms with Gasteiger partial charge >= 0.3 is 0 Å². The first-order valence-corrected chi connectivity index (χ1v) is 5.18. The van der Waals surface area contributed by atoms with Gasteiger partial charge in [-0.15, -0.1) is 0 Å². The third-order valence-electron chi connectivity index (χ3n) is 2.63. The average Bonchev–Trinajstić information content (AvgIpc) is 2.25. The molecule has 0 radical (unpaired) electrons. The quantitative estimate of drug-likeness (QED) is 0.731. The van der Waals surface area contributed by atoms with Crippen molar-refractivity contribution in [1.29, 1.82) is 0 Å². The minimum atomic E-state index is 0.0811. The van der Waals surface area contributed by atoms with E-state index in [0.717, 1.165) is 0 Å². The summed E-state index contributed by atoms with van der Waals surface area (Å²) >= 11 is 0. The van der Waals surface area contributed by atoms with Crippen LogP contribution in [0.5, 0.6) is 0 Å². The number of benzene rings is 1. The van der Waals surface area contributed by atoms with Gasteiger partial charge in [0.1, 0.15) is 6.61 Å². The largest absolute Gasteiger partial charge is 0.370 e. The van der Waals surface area contributed by atoms with Gasteiger partial charge in [-0.3, -0.25) is 4.79 Å². The first kappa shape index (κ1) is 10.2. The Balaban J connectivity index is 2.07. The van der Waals surface area contributed by atoms with Gasteiger partial charge in [-0.1, -0.05) is 30.3 Å². The van der Waals surface area contributed by atoms with Crippen molar-refractivity contribution >= 4 is 5.91 Å². The minimum Gasteiger partial charge on any atom is -0.370 e. The Morgan fingerprint density at radius 3 is 2.80 bits per heavy atom. The SMILES string of the molecule is CC1COCC(=O)N1Cc1ccccc1. The lowest BCUT2D eigenvalue weighted by Gasteiger charge is -2.33. The van der Waals surface area contributed by atoms with E-state index >= 15 is 0 Å². The van der Waals surface area contributed by atoms with Crippen molar-refractivity contribution in [2.75, 3.05) is 13.2 Å². The fourth-order valence-corrected chi connectivity index (χ4v) is 1.76. The van der Waals surface area contributed by atoms with Crippen LogP contribution in [0, 0.1) is 0 Å². The van der Waals surface area contributed by atoms with E-state index in [1.165, 1.54) is 5.56 Å². The molecule has 80 valence electrons. The Labute approximate surface area is 89.7 Å². The summed E-state index contributed by atoms with van der Waals surface area (Å²) in [6.07, 6.45) is 0. The number of morpholine rings is 1. The summed E-state index contributed by atoms with van der Waals surface area (Å²) < 4.78 is 5.17. The van der Waals surface area contributed by atoms with Gasteiger partial charge in [-0.05, 0) is 12.5 Å². The highest BCUT2D eigenvalue weighted by atomic mass is 16.5. The predicted octanol–water partition coefficient (Wildman–Crippen LogP) is 1.43. The van der Waals surface area contributed by atoms with E-state index in [1.807, 2.05) is 42.2 Å². The zero-order valence-electron chi connectivity index (χ0n) is 8.85. The lowest BCUT2D eigenvalue weighted by Crippen LogP contribution is -2.47. The van der Waals surface area contributed by atoms with E-state index in [0.29, 0.717) is 13.2 Å². The van der Waals surface area contributed by atoms with E-state index in [-0.39, 0.29) is 18.6 Å². The summed E-state index contributed by atoms with van der Waals surface area (Å²) in [5.74, 6) is 0.0811. The Morgan fingerprint density at radius 1 is 1.40 bits per heavy atom. The van der Waals surface area contributed by atoms with Crippen LogP contribution in [0.1, 0.15) is 12.5 Å². The van der Waals surface area contributed by atoms with Crippen molar-refractivity contribution < 1.29 is 9.53 Å². The number of hydrogen-bond donors (Lipinski definition) is 0. The van der Waals surface area contributed by atoms with Crippen LogP contribution in [0.4, 0.5) is 0 Å². The maximum absolute atomic E-state index is 11.6. The molecule has 1 unspecified atom stereocenters. The summed E-state index contributed by atoms with van der Waals surface area (Å²) in [4.78, 5) is 13.5. The highest BCUT2D eigenvalue weighted by molar-refractivity contribution is 5.78. The van der Waals surface area contributed by atoms with E-state index in [9.17, 15) is 4.79 Å². The predicted molar refractivity (Wildman–Crippen MR) is 57.3 cm³/mol. The van der Waals surface area contributed by atoms with E-state index in [1.54, 1.807) is 0 Å². The van der Waals surface area contributed by atoms with Crippen LogP contribution in [0.25, 0.3) is 0 Å². The second kappa shape index (κ2) is 4.45. The first-order valence-electron chi connectivity index (χ1n) is 5.18. The summed E-state index contributed by atoms with van der Waals surface area (Å²) in [6, 6.07) is 10.2. The molecule has 1 atom stereocenters. The van der Waals surface area contributed by atoms with Gasteiger partial charge in [-0.25, -0.2) is 0 Å². The van der Waals surface area contributed by atoms with Gasteiger partial charge in [0.05, 0.1) is 12.6 Å². The van der Waals surface area contributed by atoms with Gasteiger partial charge < -0.3 is 9.64 Å². The van der Waals surface area contributed by atoms with Crippen molar-refractivity contribution in [3.63, 3.8) is 0 Å². The molecule has 1 aliphatic rings. The second-order valence-corrected chi connectivity index (χ2v) is 3.87. The molecule has 2 rings (SSSR count). The van der Waals surface area contributed by atoms with Crippen LogP contribution in [0.15, 0.2) is 30.3 Å². The zero-order valence-corrected chi connectivity index (χ0v) is 8.85. The smallest absolute Gasteiger partial charge is 0.249 e. The molecule has 1 heterocycles. The molecule has 0 aliphatic carbocycles. The number of ether oxygens (including phenoxy) is 1. The number of rotatable bonds is 2. The maximum atomic E-state index is 11.6. The summed E-state index contributed by atoms with van der Waals surface area (Å²) in [7, 11) is 0. The van der Waals surface area contributed by atoms with Crippen LogP contribution in [-0.4, -0.2) is 30.1 Å². The molecule has 1 aliphatic heterocycles. The third kappa shape index (κ3) is 2.36. The third-order valence-corrected chi connectivity index (χ3v) is 2.63. The standard InChI is InChI=1S/C12H15NO2/c1-10-8-15-9-12(14)13(10)7-11-5-3-2-4-6-11/h2-6,10H,7-9H2,1H3. The Hall–Kier alpha value is -1.35. The van der Waals surface area contributed by atoms with Gasteiger partial charge in [0.25, 0.3) is 0 Å². The van der Waals surface area contributed by atoms with Crippen LogP contribution in [-0.2, 0) is 16.1 Å². The molecule has 1 fully saturated rings. The molecule has 1 aromatic rings. The van der Waals surface area contributed by atoms with Crippen LogP contribution in [0.3, 0.4) is 0 Å². The molecule has 0 spiro atoms. The van der Waals surface area contributed by atoms with E-state index in [2.05, 4.69) is 0 Å². The normalized spacial score (nSPS) is 21.8. The van der Waals surface area contributed by atoms with Crippen molar-refractivity contribution in [2.45, 2.75) is 19.5 Å². The summed E-state index contributed by atoms with van der Waals surface area (Å²) in [5, 5.41) is 0. The van der Waals surface area contributed by atoms with Crippen molar-refractivity contribution in [3.05, 3.63) is 35.9 Å². The molecule has 3 nitrogen and oxygen atoms in total. The van der Waals surface area contributed by atoms with Gasteiger partial charge in [0.15, 0.2) is 0 Å². The first-order chi connectivity index (χ1) is 7.27. The van der Waals surface area contributed by atoms with Crippen LogP contribution < -0.4 is 0 Å². The van der Waals surface area contributed by atoms with Gasteiger partial charge in [0, 0.05) is 6.54 Å². The number of carbonyl (C=O) groups excluding carboxylic acids is 1. The lowest BCUT2D eigenvalue weighted by molar-refractivity contribution is -0.148. The number of hydrogen-bond acceptors (Lipinski definition) is 2. The van der Waals surface area contributed by atoms with Crippen LogP contribution in [0.2, 0.25) is 0 Å². The number of carbonyl (C=O) groups is 1. The zero-order chi connectivity index (χ0) is 10.7. The monoisotopic (exact) mass is 205 g/mol. The van der Waals surface area contributed by atoms with Gasteiger partial charge in [-0.2, -0.15) is 0 Å². The molecule has 1 saturated heterocycles.